The standard InChI is InChI=1S/C15H18BrNO5/c1-10-7-17(8-11(2)21-10)14(18)9-20-15(19)6-4-12-3-5-13(16)22-12/h3-6,10-11H,7-9H2,1-2H3/b6-4+/t10-,11-/m0/s1. The highest BCUT2D eigenvalue weighted by molar-refractivity contribution is 9.10. The molecule has 2 atom stereocenters. The average Bonchev–Trinajstić information content (AvgIpc) is 2.87. The van der Waals surface area contributed by atoms with Gasteiger partial charge in [0, 0.05) is 19.2 Å². The summed E-state index contributed by atoms with van der Waals surface area (Å²) in [5, 5.41) is 0. The van der Waals surface area contributed by atoms with Gasteiger partial charge in [-0.25, -0.2) is 4.79 Å². The van der Waals surface area contributed by atoms with Gasteiger partial charge >= 0.3 is 5.97 Å². The Hall–Kier alpha value is -1.60. The summed E-state index contributed by atoms with van der Waals surface area (Å²) < 4.78 is 16.3. The van der Waals surface area contributed by atoms with Crippen molar-refractivity contribution < 1.29 is 23.5 Å². The van der Waals surface area contributed by atoms with Crippen molar-refractivity contribution in [3.63, 3.8) is 0 Å². The molecule has 1 aliphatic rings. The molecule has 2 heterocycles. The lowest BCUT2D eigenvalue weighted by Gasteiger charge is -2.35. The Morgan fingerprint density at radius 3 is 2.64 bits per heavy atom. The molecule has 2 rings (SSSR count). The summed E-state index contributed by atoms with van der Waals surface area (Å²) in [4.78, 5) is 25.2. The molecule has 0 N–H and O–H groups in total. The minimum atomic E-state index is -0.588. The average molecular weight is 372 g/mol. The highest BCUT2D eigenvalue weighted by Gasteiger charge is 2.26. The van der Waals surface area contributed by atoms with E-state index in [-0.39, 0.29) is 24.7 Å². The molecule has 1 aliphatic heterocycles. The van der Waals surface area contributed by atoms with E-state index in [9.17, 15) is 9.59 Å². The van der Waals surface area contributed by atoms with Crippen LogP contribution in [0.2, 0.25) is 0 Å². The molecule has 0 bridgehead atoms. The fourth-order valence-corrected chi connectivity index (χ4v) is 2.54. The Balaban J connectivity index is 1.78. The zero-order valence-electron chi connectivity index (χ0n) is 12.5. The molecule has 0 spiro atoms. The van der Waals surface area contributed by atoms with Crippen LogP contribution in [0.1, 0.15) is 19.6 Å². The van der Waals surface area contributed by atoms with E-state index in [0.29, 0.717) is 23.5 Å². The first-order valence-corrected chi connectivity index (χ1v) is 7.76. The van der Waals surface area contributed by atoms with Crippen LogP contribution in [0.4, 0.5) is 0 Å². The molecule has 1 fully saturated rings. The lowest BCUT2D eigenvalue weighted by molar-refractivity contribution is -0.154. The van der Waals surface area contributed by atoms with E-state index >= 15 is 0 Å². The van der Waals surface area contributed by atoms with Crippen molar-refractivity contribution in [1.29, 1.82) is 0 Å². The van der Waals surface area contributed by atoms with Crippen LogP contribution in [0.5, 0.6) is 0 Å². The molecular formula is C15H18BrNO5. The van der Waals surface area contributed by atoms with Crippen LogP contribution < -0.4 is 0 Å². The second kappa shape index (κ2) is 7.60. The fraction of sp³-hybridized carbons (Fsp3) is 0.467. The van der Waals surface area contributed by atoms with Crippen molar-refractivity contribution >= 4 is 33.9 Å². The molecule has 1 aromatic heterocycles. The van der Waals surface area contributed by atoms with Gasteiger partial charge in [0.1, 0.15) is 5.76 Å². The second-order valence-electron chi connectivity index (χ2n) is 5.14. The Morgan fingerprint density at radius 1 is 1.36 bits per heavy atom. The summed E-state index contributed by atoms with van der Waals surface area (Å²) in [6, 6.07) is 3.42. The maximum absolute atomic E-state index is 12.0. The van der Waals surface area contributed by atoms with Gasteiger partial charge in [-0.05, 0) is 48.0 Å². The van der Waals surface area contributed by atoms with Gasteiger partial charge < -0.3 is 18.8 Å². The van der Waals surface area contributed by atoms with Crippen LogP contribution in [0.3, 0.4) is 0 Å². The summed E-state index contributed by atoms with van der Waals surface area (Å²) in [6.07, 6.45) is 2.68. The maximum atomic E-state index is 12.0. The number of hydrogen-bond donors (Lipinski definition) is 0. The van der Waals surface area contributed by atoms with Crippen molar-refractivity contribution in [2.75, 3.05) is 19.7 Å². The quantitative estimate of drug-likeness (QED) is 0.599. The third-order valence-electron chi connectivity index (χ3n) is 3.09. The maximum Gasteiger partial charge on any atom is 0.331 e. The van der Waals surface area contributed by atoms with Crippen LogP contribution in [-0.4, -0.2) is 48.7 Å². The molecular weight excluding hydrogens is 354 g/mol. The number of nitrogens with zero attached hydrogens (tertiary/aromatic N) is 1. The molecule has 0 aromatic carbocycles. The van der Waals surface area contributed by atoms with Gasteiger partial charge in [-0.2, -0.15) is 0 Å². The highest BCUT2D eigenvalue weighted by atomic mass is 79.9. The van der Waals surface area contributed by atoms with Crippen molar-refractivity contribution in [1.82, 2.24) is 4.90 Å². The van der Waals surface area contributed by atoms with Gasteiger partial charge in [-0.15, -0.1) is 0 Å². The van der Waals surface area contributed by atoms with E-state index in [1.54, 1.807) is 17.0 Å². The monoisotopic (exact) mass is 371 g/mol. The molecule has 22 heavy (non-hydrogen) atoms. The molecule has 0 unspecified atom stereocenters. The van der Waals surface area contributed by atoms with Gasteiger partial charge in [-0.1, -0.05) is 0 Å². The van der Waals surface area contributed by atoms with Crippen molar-refractivity contribution in [2.45, 2.75) is 26.1 Å². The number of amides is 1. The molecule has 0 saturated carbocycles. The third-order valence-corrected chi connectivity index (χ3v) is 3.51. The van der Waals surface area contributed by atoms with Crippen LogP contribution in [-0.2, 0) is 19.1 Å². The van der Waals surface area contributed by atoms with Crippen LogP contribution in [0.15, 0.2) is 27.3 Å². The van der Waals surface area contributed by atoms with Gasteiger partial charge in [0.2, 0.25) is 0 Å². The molecule has 1 aromatic rings. The molecule has 6 nitrogen and oxygen atoms in total. The molecule has 1 saturated heterocycles. The lowest BCUT2D eigenvalue weighted by Crippen LogP contribution is -2.49. The number of carbonyl (C=O) groups is 2. The summed E-state index contributed by atoms with van der Waals surface area (Å²) in [6.45, 7) is 4.57. The summed E-state index contributed by atoms with van der Waals surface area (Å²) in [7, 11) is 0. The van der Waals surface area contributed by atoms with Crippen molar-refractivity contribution in [3.05, 3.63) is 28.6 Å². The Labute approximate surface area is 137 Å². The second-order valence-corrected chi connectivity index (χ2v) is 5.92. The first kappa shape index (κ1) is 16.8. The van der Waals surface area contributed by atoms with Crippen molar-refractivity contribution in [3.8, 4) is 0 Å². The zero-order valence-corrected chi connectivity index (χ0v) is 14.0. The van der Waals surface area contributed by atoms with Gasteiger partial charge in [0.05, 0.1) is 12.2 Å². The smallest absolute Gasteiger partial charge is 0.331 e. The third kappa shape index (κ3) is 4.99. The molecule has 0 aliphatic carbocycles. The van der Waals surface area contributed by atoms with E-state index < -0.39 is 5.97 Å². The number of morpholine rings is 1. The number of esters is 1. The van der Waals surface area contributed by atoms with E-state index in [1.807, 2.05) is 13.8 Å². The normalized spacial score (nSPS) is 22.0. The van der Waals surface area contributed by atoms with E-state index in [4.69, 9.17) is 13.9 Å². The van der Waals surface area contributed by atoms with Gasteiger partial charge in [-0.3, -0.25) is 4.79 Å². The van der Waals surface area contributed by atoms with Gasteiger partial charge in [0.25, 0.3) is 5.91 Å². The largest absolute Gasteiger partial charge is 0.452 e. The van der Waals surface area contributed by atoms with Crippen LogP contribution >= 0.6 is 15.9 Å². The summed E-state index contributed by atoms with van der Waals surface area (Å²) in [5.41, 5.74) is 0. The predicted molar refractivity (Wildman–Crippen MR) is 83.0 cm³/mol. The number of hydrogen-bond acceptors (Lipinski definition) is 5. The van der Waals surface area contributed by atoms with Crippen LogP contribution in [0, 0.1) is 0 Å². The minimum Gasteiger partial charge on any atom is -0.452 e. The Morgan fingerprint density at radius 2 is 2.05 bits per heavy atom. The SMILES string of the molecule is C[C@H]1CN(C(=O)COC(=O)/C=C/c2ccc(Br)o2)C[C@H](C)O1. The Kier molecular flexibility index (Phi) is 5.79. The van der Waals surface area contributed by atoms with E-state index in [0.717, 1.165) is 0 Å². The Bertz CT molecular complexity index is 558. The van der Waals surface area contributed by atoms with Crippen LogP contribution in [0.25, 0.3) is 6.08 Å². The number of halogens is 1. The summed E-state index contributed by atoms with van der Waals surface area (Å²) in [5.74, 6) is -0.286. The van der Waals surface area contributed by atoms with Gasteiger partial charge in [0.15, 0.2) is 11.3 Å². The first-order chi connectivity index (χ1) is 10.4. The topological polar surface area (TPSA) is 69.0 Å². The van der Waals surface area contributed by atoms with E-state index in [1.165, 1.54) is 12.2 Å². The molecule has 7 heteroatoms. The molecule has 1 amide bonds. The predicted octanol–water partition coefficient (Wildman–Crippen LogP) is 2.23. The van der Waals surface area contributed by atoms with Crippen molar-refractivity contribution in [2.24, 2.45) is 0 Å². The number of ether oxygens (including phenoxy) is 2. The van der Waals surface area contributed by atoms with E-state index in [2.05, 4.69) is 15.9 Å². The zero-order chi connectivity index (χ0) is 16.1. The fourth-order valence-electron chi connectivity index (χ4n) is 2.22. The summed E-state index contributed by atoms with van der Waals surface area (Å²) >= 11 is 3.17. The lowest BCUT2D eigenvalue weighted by atomic mass is 10.2. The number of rotatable bonds is 4. The number of carbonyl (C=O) groups excluding carboxylic acids is 2. The highest BCUT2D eigenvalue weighted by Crippen LogP contribution is 2.15. The molecule has 120 valence electrons. The minimum absolute atomic E-state index is 0.0132. The molecule has 0 radical (unpaired) electrons. The first-order valence-electron chi connectivity index (χ1n) is 6.97. The number of furan rings is 1.